The van der Waals surface area contributed by atoms with E-state index in [1.54, 1.807) is 6.08 Å². The highest BCUT2D eigenvalue weighted by atomic mass is 32.2. The molecule has 1 saturated heterocycles. The van der Waals surface area contributed by atoms with Crippen molar-refractivity contribution >= 4 is 17.8 Å². The van der Waals surface area contributed by atoms with Gasteiger partial charge in [0, 0.05) is 0 Å². The van der Waals surface area contributed by atoms with E-state index in [0.29, 0.717) is 5.92 Å². The Bertz CT molecular complexity index is 367. The lowest BCUT2D eigenvalue weighted by atomic mass is 9.89. The predicted octanol–water partition coefficient (Wildman–Crippen LogP) is 3.21. The van der Waals surface area contributed by atoms with Crippen LogP contribution in [0.25, 0.3) is 0 Å². The monoisotopic (exact) mass is 233 g/mol. The number of thioether (sulfide) groups is 1. The predicted molar refractivity (Wildman–Crippen MR) is 67.4 cm³/mol. The molecule has 0 spiro atoms. The Kier molecular flexibility index (Phi) is 4.20. The van der Waals surface area contributed by atoms with Crippen LogP contribution in [0.2, 0.25) is 0 Å². The van der Waals surface area contributed by atoms with Crippen LogP contribution in [-0.4, -0.2) is 17.6 Å². The van der Waals surface area contributed by atoms with Crippen molar-refractivity contribution in [2.75, 3.05) is 11.5 Å². The molecule has 2 nitrogen and oxygen atoms in total. The van der Waals surface area contributed by atoms with E-state index in [2.05, 4.69) is 4.99 Å². The number of carbonyl (C=O) groups excluding carboxylic acids is 1. The number of hydrogen-bond acceptors (Lipinski definition) is 3. The summed E-state index contributed by atoms with van der Waals surface area (Å²) in [5.41, 5.74) is 1.14. The molecule has 0 aromatic heterocycles. The van der Waals surface area contributed by atoms with Crippen molar-refractivity contribution in [1.29, 1.82) is 0 Å². The number of aliphatic imine (C=N–C) groups is 1. The largest absolute Gasteiger partial charge is 0.235 e. The summed E-state index contributed by atoms with van der Waals surface area (Å²) < 4.78 is 0. The Labute approximate surface area is 100 Å². The van der Waals surface area contributed by atoms with Crippen LogP contribution in [-0.2, 0) is 4.79 Å². The molecule has 1 heterocycles. The van der Waals surface area contributed by atoms with Gasteiger partial charge in [0.05, 0.1) is 6.04 Å². The molecular formula is C13H15NOS. The molecular weight excluding hydrogens is 218 g/mol. The van der Waals surface area contributed by atoms with Gasteiger partial charge in [0.15, 0.2) is 0 Å². The van der Waals surface area contributed by atoms with Crippen LogP contribution in [0, 0.1) is 5.92 Å². The van der Waals surface area contributed by atoms with Gasteiger partial charge in [0.2, 0.25) is 6.08 Å². The second-order valence-electron chi connectivity index (χ2n) is 4.03. The first-order chi connectivity index (χ1) is 7.92. The fourth-order valence-corrected chi connectivity index (χ4v) is 3.33. The summed E-state index contributed by atoms with van der Waals surface area (Å²) in [5.74, 6) is 2.87. The summed E-state index contributed by atoms with van der Waals surface area (Å²) in [6, 6.07) is 10.1. The van der Waals surface area contributed by atoms with Gasteiger partial charge >= 0.3 is 0 Å². The van der Waals surface area contributed by atoms with Gasteiger partial charge in [0.1, 0.15) is 0 Å². The average molecular weight is 233 g/mol. The van der Waals surface area contributed by atoms with Crippen LogP contribution in [0.15, 0.2) is 35.3 Å². The molecule has 0 N–H and O–H groups in total. The van der Waals surface area contributed by atoms with Crippen LogP contribution in [0.3, 0.4) is 0 Å². The lowest BCUT2D eigenvalue weighted by Gasteiger charge is -2.26. The van der Waals surface area contributed by atoms with E-state index in [9.17, 15) is 4.79 Å². The third kappa shape index (κ3) is 2.75. The molecule has 3 heteroatoms. The van der Waals surface area contributed by atoms with Gasteiger partial charge in [0.25, 0.3) is 0 Å². The van der Waals surface area contributed by atoms with E-state index in [0.717, 1.165) is 18.4 Å². The fourth-order valence-electron chi connectivity index (χ4n) is 2.19. The smallest absolute Gasteiger partial charge is 0.211 e. The van der Waals surface area contributed by atoms with Gasteiger partial charge in [-0.1, -0.05) is 30.3 Å². The van der Waals surface area contributed by atoms with Crippen molar-refractivity contribution in [2.45, 2.75) is 18.9 Å². The second kappa shape index (κ2) is 5.88. The zero-order chi connectivity index (χ0) is 11.2. The highest BCUT2D eigenvalue weighted by Crippen LogP contribution is 2.35. The summed E-state index contributed by atoms with van der Waals surface area (Å²) in [5, 5.41) is 0. The van der Waals surface area contributed by atoms with E-state index in [1.165, 1.54) is 11.5 Å². The number of nitrogens with zero attached hydrogens (tertiary/aromatic N) is 1. The van der Waals surface area contributed by atoms with Crippen LogP contribution >= 0.6 is 11.8 Å². The minimum atomic E-state index is 0.0135. The molecule has 84 valence electrons. The fraction of sp³-hybridized carbons (Fsp3) is 0.462. The van der Waals surface area contributed by atoms with Gasteiger partial charge in [-0.15, -0.1) is 0 Å². The van der Waals surface area contributed by atoms with E-state index in [1.807, 2.05) is 42.1 Å². The van der Waals surface area contributed by atoms with Gasteiger partial charge in [-0.05, 0) is 35.8 Å². The first-order valence-electron chi connectivity index (χ1n) is 5.61. The molecule has 2 rings (SSSR count). The van der Waals surface area contributed by atoms with Crippen molar-refractivity contribution in [1.82, 2.24) is 0 Å². The van der Waals surface area contributed by atoms with Crippen molar-refractivity contribution in [3.8, 4) is 0 Å². The van der Waals surface area contributed by atoms with Gasteiger partial charge < -0.3 is 0 Å². The van der Waals surface area contributed by atoms with Crippen molar-refractivity contribution in [3.63, 3.8) is 0 Å². The van der Waals surface area contributed by atoms with Crippen molar-refractivity contribution in [3.05, 3.63) is 35.9 Å². The molecule has 1 aromatic rings. The molecule has 0 radical (unpaired) electrons. The quantitative estimate of drug-likeness (QED) is 0.592. The van der Waals surface area contributed by atoms with Crippen LogP contribution in [0.5, 0.6) is 0 Å². The molecule has 1 aliphatic rings. The zero-order valence-electron chi connectivity index (χ0n) is 9.13. The normalized spacial score (nSPS) is 18.8. The Hall–Kier alpha value is -1.05. The summed E-state index contributed by atoms with van der Waals surface area (Å²) >= 11 is 1.99. The number of hydrogen-bond donors (Lipinski definition) is 0. The lowest BCUT2D eigenvalue weighted by molar-refractivity contribution is 0.403. The summed E-state index contributed by atoms with van der Waals surface area (Å²) in [7, 11) is 0. The standard InChI is InChI=1S/C13H15NOS/c15-10-14-13(11-4-2-1-3-5-11)12-6-8-16-9-7-12/h1-5,12-13H,6-9H2. The maximum Gasteiger partial charge on any atom is 0.235 e. The van der Waals surface area contributed by atoms with Crippen LogP contribution in [0.1, 0.15) is 24.4 Å². The molecule has 0 amide bonds. The van der Waals surface area contributed by atoms with Crippen LogP contribution in [0.4, 0.5) is 0 Å². The molecule has 1 fully saturated rings. The third-order valence-electron chi connectivity index (χ3n) is 3.05. The van der Waals surface area contributed by atoms with Crippen molar-refractivity contribution < 1.29 is 4.79 Å². The zero-order valence-corrected chi connectivity index (χ0v) is 9.95. The molecule has 1 atom stereocenters. The van der Waals surface area contributed by atoms with Gasteiger partial charge in [-0.25, -0.2) is 4.79 Å². The highest BCUT2D eigenvalue weighted by molar-refractivity contribution is 7.99. The molecule has 1 aromatic carbocycles. The Balaban J connectivity index is 2.19. The molecule has 0 bridgehead atoms. The summed E-state index contributed by atoms with van der Waals surface area (Å²) in [6.07, 6.45) is 4.03. The van der Waals surface area contributed by atoms with E-state index in [-0.39, 0.29) is 6.04 Å². The van der Waals surface area contributed by atoms with E-state index in [4.69, 9.17) is 0 Å². The minimum absolute atomic E-state index is 0.0135. The molecule has 16 heavy (non-hydrogen) atoms. The molecule has 1 unspecified atom stereocenters. The van der Waals surface area contributed by atoms with E-state index < -0.39 is 0 Å². The maximum atomic E-state index is 10.5. The molecule has 1 aliphatic heterocycles. The van der Waals surface area contributed by atoms with Gasteiger partial charge in [-0.2, -0.15) is 16.8 Å². The van der Waals surface area contributed by atoms with Crippen molar-refractivity contribution in [2.24, 2.45) is 10.9 Å². The number of benzene rings is 1. The topological polar surface area (TPSA) is 29.4 Å². The molecule has 0 aliphatic carbocycles. The molecule has 0 saturated carbocycles. The summed E-state index contributed by atoms with van der Waals surface area (Å²) in [4.78, 5) is 14.5. The van der Waals surface area contributed by atoms with E-state index >= 15 is 0 Å². The average Bonchev–Trinajstić information content (AvgIpc) is 2.38. The minimum Gasteiger partial charge on any atom is -0.211 e. The third-order valence-corrected chi connectivity index (χ3v) is 4.09. The number of isocyanates is 1. The SMILES string of the molecule is O=C=NC(c1ccccc1)C1CCSCC1. The Morgan fingerprint density at radius 3 is 2.56 bits per heavy atom. The van der Waals surface area contributed by atoms with Gasteiger partial charge in [-0.3, -0.25) is 0 Å². The highest BCUT2D eigenvalue weighted by Gasteiger charge is 2.24. The van der Waals surface area contributed by atoms with Crippen LogP contribution < -0.4 is 0 Å². The first kappa shape index (κ1) is 11.4. The summed E-state index contributed by atoms with van der Waals surface area (Å²) in [6.45, 7) is 0. The Morgan fingerprint density at radius 2 is 1.94 bits per heavy atom. The maximum absolute atomic E-state index is 10.5. The second-order valence-corrected chi connectivity index (χ2v) is 5.25. The number of rotatable bonds is 3. The first-order valence-corrected chi connectivity index (χ1v) is 6.77. The Morgan fingerprint density at radius 1 is 1.25 bits per heavy atom. The lowest BCUT2D eigenvalue weighted by Crippen LogP contribution is -2.17.